The van der Waals surface area contributed by atoms with E-state index < -0.39 is 11.9 Å². The first-order valence-electron chi connectivity index (χ1n) is 8.15. The Balaban J connectivity index is 1.87. The first-order valence-corrected chi connectivity index (χ1v) is 8.15. The van der Waals surface area contributed by atoms with Crippen molar-refractivity contribution in [1.82, 2.24) is 20.4 Å². The zero-order valence-corrected chi connectivity index (χ0v) is 15.1. The average molecular weight is 387 g/mol. The van der Waals surface area contributed by atoms with Gasteiger partial charge in [-0.1, -0.05) is 0 Å². The van der Waals surface area contributed by atoms with E-state index >= 15 is 0 Å². The Hall–Kier alpha value is -2.78. The molecule has 0 spiro atoms. The van der Waals surface area contributed by atoms with Crippen LogP contribution in [0.2, 0.25) is 0 Å². The topological polar surface area (TPSA) is 63.5 Å². The van der Waals surface area contributed by atoms with Crippen LogP contribution in [0.15, 0.2) is 35.5 Å². The summed E-state index contributed by atoms with van der Waals surface area (Å²) in [6.45, 7) is 2.05. The third-order valence-corrected chi connectivity index (χ3v) is 3.55. The second-order valence-corrected chi connectivity index (χ2v) is 5.86. The summed E-state index contributed by atoms with van der Waals surface area (Å²) in [6.07, 6.45) is -3.49. The van der Waals surface area contributed by atoms with Gasteiger partial charge in [-0.05, 0) is 31.2 Å². The Labute approximate surface area is 154 Å². The molecule has 2 aromatic rings. The molecule has 0 fully saturated rings. The first kappa shape index (κ1) is 20.5. The van der Waals surface area contributed by atoms with Crippen molar-refractivity contribution in [2.45, 2.75) is 25.7 Å². The number of guanidine groups is 1. The summed E-state index contributed by atoms with van der Waals surface area (Å²) in [5, 5.41) is 9.24. The van der Waals surface area contributed by atoms with E-state index in [1.165, 1.54) is 44.6 Å². The molecule has 1 aromatic heterocycles. The number of aliphatic imine (C=N–C) groups is 1. The van der Waals surface area contributed by atoms with Gasteiger partial charge in [-0.15, -0.1) is 0 Å². The number of halogens is 4. The minimum absolute atomic E-state index is 0.0172. The van der Waals surface area contributed by atoms with Gasteiger partial charge in [-0.25, -0.2) is 4.39 Å². The third-order valence-electron chi connectivity index (χ3n) is 3.55. The minimum Gasteiger partial charge on any atom is -0.489 e. The van der Waals surface area contributed by atoms with Crippen molar-refractivity contribution < 1.29 is 22.3 Å². The van der Waals surface area contributed by atoms with E-state index in [1.54, 1.807) is 6.92 Å². The summed E-state index contributed by atoms with van der Waals surface area (Å²) < 4.78 is 58.5. The van der Waals surface area contributed by atoms with Gasteiger partial charge in [-0.3, -0.25) is 9.67 Å². The van der Waals surface area contributed by atoms with E-state index in [0.717, 1.165) is 4.68 Å². The highest BCUT2D eigenvalue weighted by atomic mass is 19.4. The Bertz CT molecular complexity index is 771. The van der Waals surface area contributed by atoms with Gasteiger partial charge >= 0.3 is 6.18 Å². The molecule has 2 N–H and O–H groups in total. The Kier molecular flexibility index (Phi) is 6.65. The van der Waals surface area contributed by atoms with Crippen LogP contribution in [-0.4, -0.2) is 35.4 Å². The molecule has 10 heteroatoms. The van der Waals surface area contributed by atoms with Gasteiger partial charge in [0.05, 0.1) is 6.54 Å². The fourth-order valence-electron chi connectivity index (χ4n) is 2.33. The van der Waals surface area contributed by atoms with Gasteiger partial charge in [0.1, 0.15) is 17.7 Å². The van der Waals surface area contributed by atoms with Crippen LogP contribution in [0.5, 0.6) is 5.75 Å². The summed E-state index contributed by atoms with van der Waals surface area (Å²) in [6, 6.07) is 5.62. The Morgan fingerprint density at radius 1 is 1.26 bits per heavy atom. The highest BCUT2D eigenvalue weighted by molar-refractivity contribution is 5.79. The van der Waals surface area contributed by atoms with Gasteiger partial charge in [0.25, 0.3) is 0 Å². The number of aromatic nitrogens is 2. The molecule has 1 unspecified atom stereocenters. The lowest BCUT2D eigenvalue weighted by molar-refractivity contribution is -0.142. The van der Waals surface area contributed by atoms with Crippen molar-refractivity contribution in [3.05, 3.63) is 47.5 Å². The predicted molar refractivity (Wildman–Crippen MR) is 92.9 cm³/mol. The van der Waals surface area contributed by atoms with Crippen LogP contribution >= 0.6 is 0 Å². The molecule has 27 heavy (non-hydrogen) atoms. The van der Waals surface area contributed by atoms with Crippen molar-refractivity contribution in [2.75, 3.05) is 13.6 Å². The Morgan fingerprint density at radius 2 is 1.93 bits per heavy atom. The molecule has 148 valence electrons. The summed E-state index contributed by atoms with van der Waals surface area (Å²) in [5.41, 5.74) is -0.912. The molecule has 1 atom stereocenters. The summed E-state index contributed by atoms with van der Waals surface area (Å²) in [7, 11) is 2.94. The van der Waals surface area contributed by atoms with Crippen LogP contribution in [0, 0.1) is 5.82 Å². The molecular formula is C17H21F4N5O. The number of nitrogens with one attached hydrogen (secondary N) is 2. The summed E-state index contributed by atoms with van der Waals surface area (Å²) >= 11 is 0. The summed E-state index contributed by atoms with van der Waals surface area (Å²) in [4.78, 5) is 3.97. The van der Waals surface area contributed by atoms with E-state index in [-0.39, 0.29) is 24.0 Å². The number of alkyl halides is 3. The van der Waals surface area contributed by atoms with Crippen molar-refractivity contribution in [3.8, 4) is 5.75 Å². The molecule has 2 rings (SSSR count). The summed E-state index contributed by atoms with van der Waals surface area (Å²) in [5.74, 6) is 0.478. The zero-order valence-electron chi connectivity index (χ0n) is 15.1. The SMILES string of the molecule is CN=C(NCc1cn(C)nc1C(F)(F)F)NCC(C)Oc1ccc(F)cc1. The van der Waals surface area contributed by atoms with Gasteiger partial charge < -0.3 is 15.4 Å². The highest BCUT2D eigenvalue weighted by Crippen LogP contribution is 2.30. The van der Waals surface area contributed by atoms with Gasteiger partial charge in [0.15, 0.2) is 11.7 Å². The molecule has 0 radical (unpaired) electrons. The van der Waals surface area contributed by atoms with Crippen molar-refractivity contribution in [2.24, 2.45) is 12.0 Å². The fourth-order valence-corrected chi connectivity index (χ4v) is 2.33. The van der Waals surface area contributed by atoms with E-state index in [9.17, 15) is 17.6 Å². The maximum atomic E-state index is 13.0. The molecule has 0 aliphatic carbocycles. The van der Waals surface area contributed by atoms with Crippen LogP contribution in [0.25, 0.3) is 0 Å². The molecular weight excluding hydrogens is 366 g/mol. The molecule has 0 amide bonds. The monoisotopic (exact) mass is 387 g/mol. The molecule has 0 saturated heterocycles. The molecule has 0 aliphatic heterocycles. The number of hydrogen-bond donors (Lipinski definition) is 2. The lowest BCUT2D eigenvalue weighted by Crippen LogP contribution is -2.41. The van der Waals surface area contributed by atoms with Gasteiger partial charge in [0.2, 0.25) is 0 Å². The van der Waals surface area contributed by atoms with Crippen molar-refractivity contribution >= 4 is 5.96 Å². The quantitative estimate of drug-likeness (QED) is 0.455. The van der Waals surface area contributed by atoms with E-state index in [2.05, 4.69) is 20.7 Å². The average Bonchev–Trinajstić information content (AvgIpc) is 2.98. The largest absolute Gasteiger partial charge is 0.489 e. The number of benzene rings is 1. The lowest BCUT2D eigenvalue weighted by atomic mass is 10.2. The number of hydrogen-bond acceptors (Lipinski definition) is 3. The highest BCUT2D eigenvalue weighted by Gasteiger charge is 2.36. The molecule has 1 aromatic carbocycles. The first-order chi connectivity index (χ1) is 12.7. The van der Waals surface area contributed by atoms with Crippen molar-refractivity contribution in [1.29, 1.82) is 0 Å². The van der Waals surface area contributed by atoms with Crippen LogP contribution in [-0.2, 0) is 19.8 Å². The standard InChI is InChI=1S/C17H21F4N5O/c1-11(27-14-6-4-13(18)5-7-14)8-23-16(22-2)24-9-12-10-26(3)25-15(12)17(19,20)21/h4-7,10-11H,8-9H2,1-3H3,(H2,22,23,24). The van der Waals surface area contributed by atoms with E-state index in [4.69, 9.17) is 4.74 Å². The number of rotatable bonds is 6. The minimum atomic E-state index is -4.52. The molecule has 0 saturated carbocycles. The van der Waals surface area contributed by atoms with Crippen molar-refractivity contribution in [3.63, 3.8) is 0 Å². The number of nitrogens with zero attached hydrogens (tertiary/aromatic N) is 3. The maximum absolute atomic E-state index is 13.0. The third kappa shape index (κ3) is 6.15. The van der Waals surface area contributed by atoms with Crippen LogP contribution in [0.1, 0.15) is 18.2 Å². The molecule has 6 nitrogen and oxygen atoms in total. The second kappa shape index (κ2) is 8.74. The molecule has 0 bridgehead atoms. The van der Waals surface area contributed by atoms with Crippen LogP contribution in [0.3, 0.4) is 0 Å². The number of aryl methyl sites for hydroxylation is 1. The fraction of sp³-hybridized carbons (Fsp3) is 0.412. The smallest absolute Gasteiger partial charge is 0.435 e. The predicted octanol–water partition coefficient (Wildman–Crippen LogP) is 2.71. The normalized spacial score (nSPS) is 13.4. The van der Waals surface area contributed by atoms with E-state index in [0.29, 0.717) is 18.3 Å². The van der Waals surface area contributed by atoms with Crippen LogP contribution in [0.4, 0.5) is 17.6 Å². The van der Waals surface area contributed by atoms with Gasteiger partial charge in [-0.2, -0.15) is 18.3 Å². The van der Waals surface area contributed by atoms with Gasteiger partial charge in [0, 0.05) is 32.4 Å². The molecule has 1 heterocycles. The molecule has 0 aliphatic rings. The van der Waals surface area contributed by atoms with Crippen LogP contribution < -0.4 is 15.4 Å². The number of ether oxygens (including phenoxy) is 1. The maximum Gasteiger partial charge on any atom is 0.435 e. The van der Waals surface area contributed by atoms with E-state index in [1.807, 2.05) is 0 Å². The second-order valence-electron chi connectivity index (χ2n) is 5.86. The Morgan fingerprint density at radius 3 is 2.52 bits per heavy atom. The zero-order chi connectivity index (χ0) is 20.0. The lowest BCUT2D eigenvalue weighted by Gasteiger charge is -2.18.